The van der Waals surface area contributed by atoms with Gasteiger partial charge in [-0.3, -0.25) is 4.79 Å². The molecule has 1 unspecified atom stereocenters. The quantitative estimate of drug-likeness (QED) is 0.673. The van der Waals surface area contributed by atoms with Crippen molar-refractivity contribution >= 4 is 6.47 Å². The van der Waals surface area contributed by atoms with Crippen molar-refractivity contribution in [2.24, 2.45) is 5.73 Å². The van der Waals surface area contributed by atoms with Crippen LogP contribution in [0, 0.1) is 0 Å². The molecule has 0 aliphatic rings. The molecule has 64 valence electrons. The summed E-state index contributed by atoms with van der Waals surface area (Å²) in [6.07, 6.45) is 0. The smallest absolute Gasteiger partial charge is 0.293 e. The number of hydrogen-bond acceptors (Lipinski definition) is 3. The molecule has 0 amide bonds. The van der Waals surface area contributed by atoms with Crippen LogP contribution in [0.3, 0.4) is 0 Å². The molecule has 0 spiro atoms. The first-order valence-electron chi connectivity index (χ1n) is 3.70. The Kier molecular flexibility index (Phi) is 3.29. The topological polar surface area (TPSA) is 52.3 Å². The van der Waals surface area contributed by atoms with Crippen LogP contribution in [0.5, 0.6) is 0 Å². The van der Waals surface area contributed by atoms with Crippen molar-refractivity contribution in [1.29, 1.82) is 0 Å². The molecule has 1 aromatic carbocycles. The van der Waals surface area contributed by atoms with Crippen LogP contribution < -0.4 is 5.73 Å². The molecule has 0 radical (unpaired) electrons. The second-order valence-corrected chi connectivity index (χ2v) is 2.45. The average molecular weight is 165 g/mol. The Bertz CT molecular complexity index is 236. The zero-order chi connectivity index (χ0) is 8.81. The minimum absolute atomic E-state index is 0.226. The van der Waals surface area contributed by atoms with E-state index in [-0.39, 0.29) is 12.6 Å². The molecule has 3 heteroatoms. The fourth-order valence-electron chi connectivity index (χ4n) is 0.939. The summed E-state index contributed by atoms with van der Waals surface area (Å²) in [5.74, 6) is 0. The maximum absolute atomic E-state index is 9.86. The largest absolute Gasteiger partial charge is 0.466 e. The van der Waals surface area contributed by atoms with Crippen LogP contribution in [0.25, 0.3) is 0 Å². The lowest BCUT2D eigenvalue weighted by molar-refractivity contribution is -0.129. The van der Waals surface area contributed by atoms with Gasteiger partial charge in [0.15, 0.2) is 0 Å². The summed E-state index contributed by atoms with van der Waals surface area (Å²) in [4.78, 5) is 9.86. The minimum Gasteiger partial charge on any atom is -0.466 e. The molecule has 0 heterocycles. The molecular weight excluding hydrogens is 154 g/mol. The summed E-state index contributed by atoms with van der Waals surface area (Å²) < 4.78 is 4.54. The predicted octanol–water partition coefficient (Wildman–Crippen LogP) is 0.859. The van der Waals surface area contributed by atoms with Crippen LogP contribution in [0.1, 0.15) is 11.6 Å². The van der Waals surface area contributed by atoms with E-state index in [2.05, 4.69) is 4.74 Å². The van der Waals surface area contributed by atoms with Gasteiger partial charge in [0.25, 0.3) is 6.47 Å². The number of carbonyl (C=O) groups excluding carboxylic acids is 1. The molecule has 0 bridgehead atoms. The Hall–Kier alpha value is -1.35. The highest BCUT2D eigenvalue weighted by molar-refractivity contribution is 5.37. The predicted molar refractivity (Wildman–Crippen MR) is 45.4 cm³/mol. The number of hydrogen-bond donors (Lipinski definition) is 1. The van der Waals surface area contributed by atoms with E-state index in [0.29, 0.717) is 6.47 Å². The van der Waals surface area contributed by atoms with Crippen LogP contribution in [-0.2, 0) is 9.53 Å². The van der Waals surface area contributed by atoms with Gasteiger partial charge in [-0.2, -0.15) is 0 Å². The van der Waals surface area contributed by atoms with Gasteiger partial charge in [-0.1, -0.05) is 30.3 Å². The number of ether oxygens (including phenoxy) is 1. The zero-order valence-corrected chi connectivity index (χ0v) is 6.64. The van der Waals surface area contributed by atoms with Crippen molar-refractivity contribution in [3.63, 3.8) is 0 Å². The van der Waals surface area contributed by atoms with E-state index >= 15 is 0 Å². The summed E-state index contributed by atoms with van der Waals surface area (Å²) in [7, 11) is 0. The monoisotopic (exact) mass is 165 g/mol. The number of nitrogens with two attached hydrogens (primary N) is 1. The average Bonchev–Trinajstić information content (AvgIpc) is 2.15. The number of benzene rings is 1. The van der Waals surface area contributed by atoms with E-state index in [1.165, 1.54) is 0 Å². The molecule has 12 heavy (non-hydrogen) atoms. The van der Waals surface area contributed by atoms with Crippen LogP contribution >= 0.6 is 0 Å². The number of rotatable bonds is 4. The number of carbonyl (C=O) groups is 1. The van der Waals surface area contributed by atoms with Crippen molar-refractivity contribution in [3.8, 4) is 0 Å². The van der Waals surface area contributed by atoms with Crippen molar-refractivity contribution in [3.05, 3.63) is 35.9 Å². The lowest BCUT2D eigenvalue weighted by Crippen LogP contribution is -2.16. The standard InChI is InChI=1S/C9H11NO2/c10-9(6-12-7-11)8-4-2-1-3-5-8/h1-5,7,9H,6,10H2. The molecule has 0 aromatic heterocycles. The van der Waals surface area contributed by atoms with Gasteiger partial charge >= 0.3 is 0 Å². The van der Waals surface area contributed by atoms with Gasteiger partial charge in [-0.15, -0.1) is 0 Å². The molecule has 0 aliphatic carbocycles. The Labute approximate surface area is 71.1 Å². The van der Waals surface area contributed by atoms with Gasteiger partial charge in [-0.25, -0.2) is 0 Å². The highest BCUT2D eigenvalue weighted by Crippen LogP contribution is 2.08. The first-order chi connectivity index (χ1) is 5.84. The lowest BCUT2D eigenvalue weighted by atomic mass is 10.1. The van der Waals surface area contributed by atoms with Crippen LogP contribution in [0.2, 0.25) is 0 Å². The Balaban J connectivity index is 2.53. The summed E-state index contributed by atoms with van der Waals surface area (Å²) >= 11 is 0. The van der Waals surface area contributed by atoms with Gasteiger partial charge < -0.3 is 10.5 Å². The molecule has 0 saturated heterocycles. The second kappa shape index (κ2) is 4.51. The molecule has 0 saturated carbocycles. The minimum atomic E-state index is -0.226. The molecule has 1 aromatic rings. The third-order valence-electron chi connectivity index (χ3n) is 1.57. The molecule has 3 nitrogen and oxygen atoms in total. The maximum atomic E-state index is 9.86. The third-order valence-corrected chi connectivity index (χ3v) is 1.57. The zero-order valence-electron chi connectivity index (χ0n) is 6.64. The van der Waals surface area contributed by atoms with Gasteiger partial charge in [0.2, 0.25) is 0 Å². The van der Waals surface area contributed by atoms with Crippen LogP contribution in [0.4, 0.5) is 0 Å². The van der Waals surface area contributed by atoms with Gasteiger partial charge in [0.05, 0.1) is 6.04 Å². The molecular formula is C9H11NO2. The first kappa shape index (κ1) is 8.74. The summed E-state index contributed by atoms with van der Waals surface area (Å²) in [5.41, 5.74) is 6.67. The SMILES string of the molecule is NC(COC=O)c1ccccc1. The van der Waals surface area contributed by atoms with E-state index in [1.807, 2.05) is 30.3 Å². The van der Waals surface area contributed by atoms with Gasteiger partial charge in [0, 0.05) is 0 Å². The van der Waals surface area contributed by atoms with Crippen molar-refractivity contribution in [2.45, 2.75) is 6.04 Å². The van der Waals surface area contributed by atoms with Crippen molar-refractivity contribution < 1.29 is 9.53 Å². The van der Waals surface area contributed by atoms with E-state index in [1.54, 1.807) is 0 Å². The highest BCUT2D eigenvalue weighted by Gasteiger charge is 2.03. The third kappa shape index (κ3) is 2.36. The molecule has 2 N–H and O–H groups in total. The molecule has 0 fully saturated rings. The Morgan fingerprint density at radius 2 is 2.08 bits per heavy atom. The molecule has 1 rings (SSSR count). The summed E-state index contributed by atoms with van der Waals surface area (Å²) in [6.45, 7) is 0.635. The van der Waals surface area contributed by atoms with E-state index < -0.39 is 0 Å². The Morgan fingerprint density at radius 1 is 1.42 bits per heavy atom. The maximum Gasteiger partial charge on any atom is 0.293 e. The molecule has 0 aliphatic heterocycles. The highest BCUT2D eigenvalue weighted by atomic mass is 16.5. The van der Waals surface area contributed by atoms with Crippen LogP contribution in [0.15, 0.2) is 30.3 Å². The van der Waals surface area contributed by atoms with Gasteiger partial charge in [-0.05, 0) is 5.56 Å². The summed E-state index contributed by atoms with van der Waals surface area (Å²) in [6, 6.07) is 9.29. The van der Waals surface area contributed by atoms with E-state index in [9.17, 15) is 4.79 Å². The summed E-state index contributed by atoms with van der Waals surface area (Å²) in [5, 5.41) is 0. The van der Waals surface area contributed by atoms with Crippen LogP contribution in [-0.4, -0.2) is 13.1 Å². The van der Waals surface area contributed by atoms with Crippen molar-refractivity contribution in [1.82, 2.24) is 0 Å². The Morgan fingerprint density at radius 3 is 2.67 bits per heavy atom. The fraction of sp³-hybridized carbons (Fsp3) is 0.222. The fourth-order valence-corrected chi connectivity index (χ4v) is 0.939. The normalized spacial score (nSPS) is 12.1. The van der Waals surface area contributed by atoms with E-state index in [4.69, 9.17) is 5.73 Å². The van der Waals surface area contributed by atoms with Crippen molar-refractivity contribution in [2.75, 3.05) is 6.61 Å². The molecule has 1 atom stereocenters. The van der Waals surface area contributed by atoms with E-state index in [0.717, 1.165) is 5.56 Å². The first-order valence-corrected chi connectivity index (χ1v) is 3.70. The lowest BCUT2D eigenvalue weighted by Gasteiger charge is -2.09. The van der Waals surface area contributed by atoms with Gasteiger partial charge in [0.1, 0.15) is 6.61 Å². The second-order valence-electron chi connectivity index (χ2n) is 2.45.